The monoisotopic (exact) mass is 824 g/mol. The van der Waals surface area contributed by atoms with E-state index in [0.29, 0.717) is 5.56 Å². The average Bonchev–Trinajstić information content (AvgIpc) is 3.68. The quantitative estimate of drug-likeness (QED) is 0.166. The minimum absolute atomic E-state index is 0.0111. The number of fused-ring (bicyclic) bond motifs is 7. The maximum atomic E-state index is 9.39. The van der Waals surface area contributed by atoms with E-state index in [2.05, 4.69) is 180 Å². The first-order valence-corrected chi connectivity index (χ1v) is 23.0. The number of anilines is 6. The minimum atomic E-state index is -0.403. The molecule has 0 saturated carbocycles. The molecule has 2 aliphatic heterocycles. The van der Waals surface area contributed by atoms with Gasteiger partial charge in [-0.25, -0.2) is 0 Å². The van der Waals surface area contributed by atoms with Crippen molar-refractivity contribution in [3.05, 3.63) is 137 Å². The lowest BCUT2D eigenvalue weighted by Crippen LogP contribution is -2.62. The van der Waals surface area contributed by atoms with Crippen molar-refractivity contribution in [1.82, 2.24) is 0 Å². The number of nitrogens with zero attached hydrogens (tertiary/aromatic N) is 2. The Kier molecular flexibility index (Phi) is 7.61. The summed E-state index contributed by atoms with van der Waals surface area (Å²) in [6, 6.07) is 25.6. The second-order valence-corrected chi connectivity index (χ2v) is 23.6. The van der Waals surface area contributed by atoms with Crippen LogP contribution in [-0.4, -0.2) is 6.71 Å². The highest BCUT2D eigenvalue weighted by Crippen LogP contribution is 2.55. The number of hydrogen-bond acceptors (Lipinski definition) is 3. The van der Waals surface area contributed by atoms with Crippen LogP contribution < -0.4 is 26.2 Å². The van der Waals surface area contributed by atoms with E-state index < -0.39 is 6.04 Å². The molecule has 1 aromatic heterocycles. The normalized spacial score (nSPS) is 20.1. The molecule has 0 spiro atoms. The Morgan fingerprint density at radius 2 is 1.15 bits per heavy atom. The molecule has 0 unspecified atom stereocenters. The molecule has 4 aliphatic rings. The first-order valence-electron chi connectivity index (χ1n) is 25.5. The Morgan fingerprint density at radius 1 is 0.548 bits per heavy atom. The third-order valence-corrected chi connectivity index (χ3v) is 15.3. The Labute approximate surface area is 380 Å². The van der Waals surface area contributed by atoms with Crippen LogP contribution in [0.1, 0.15) is 163 Å². The summed E-state index contributed by atoms with van der Waals surface area (Å²) in [5, 5.41) is 0. The molecule has 62 heavy (non-hydrogen) atoms. The van der Waals surface area contributed by atoms with Crippen molar-refractivity contribution >= 4 is 57.4 Å². The average molecular weight is 824 g/mol. The Morgan fingerprint density at radius 3 is 1.82 bits per heavy atom. The third-order valence-electron chi connectivity index (χ3n) is 15.3. The first-order chi connectivity index (χ1) is 31.0. The van der Waals surface area contributed by atoms with E-state index >= 15 is 0 Å². The van der Waals surface area contributed by atoms with Gasteiger partial charge in [0.1, 0.15) is 5.76 Å². The first kappa shape index (κ1) is 35.5. The summed E-state index contributed by atoms with van der Waals surface area (Å²) >= 11 is 0. The number of rotatable bonds is 3. The Balaban J connectivity index is 1.41. The van der Waals surface area contributed by atoms with Crippen molar-refractivity contribution in [2.75, 3.05) is 9.80 Å². The molecule has 0 amide bonds. The molecule has 0 fully saturated rings. The zero-order valence-corrected chi connectivity index (χ0v) is 39.6. The van der Waals surface area contributed by atoms with Gasteiger partial charge in [0.15, 0.2) is 5.88 Å². The third kappa shape index (κ3) is 6.20. The highest BCUT2D eigenvalue weighted by molar-refractivity contribution is 7.00. The van der Waals surface area contributed by atoms with Gasteiger partial charge in [-0.1, -0.05) is 157 Å². The van der Waals surface area contributed by atoms with Crippen molar-refractivity contribution in [3.8, 4) is 11.1 Å². The van der Waals surface area contributed by atoms with Gasteiger partial charge in [0.2, 0.25) is 0 Å². The van der Waals surface area contributed by atoms with E-state index in [1.165, 1.54) is 38.7 Å². The maximum Gasteiger partial charge on any atom is 0.256 e. The van der Waals surface area contributed by atoms with E-state index in [4.69, 9.17) is 8.53 Å². The van der Waals surface area contributed by atoms with Crippen LogP contribution in [0.4, 0.5) is 34.3 Å². The number of furan rings is 1. The van der Waals surface area contributed by atoms with Gasteiger partial charge >= 0.3 is 0 Å². The van der Waals surface area contributed by atoms with E-state index in [0.717, 1.165) is 71.2 Å². The molecule has 3 nitrogen and oxygen atoms in total. The van der Waals surface area contributed by atoms with Crippen molar-refractivity contribution < 1.29 is 11.3 Å². The molecule has 0 radical (unpaired) electrons. The molecular formula is C58H67BN2O. The van der Waals surface area contributed by atoms with Crippen LogP contribution in [0.5, 0.6) is 0 Å². The molecule has 5 aromatic carbocycles. The van der Waals surface area contributed by atoms with E-state index in [-0.39, 0.29) is 68.9 Å². The molecule has 4 heteroatoms. The molecule has 3 heterocycles. The summed E-state index contributed by atoms with van der Waals surface area (Å²) in [6.45, 7) is 32.2. The molecule has 10 rings (SSSR count). The largest absolute Gasteiger partial charge is 0.444 e. The van der Waals surface area contributed by atoms with Crippen molar-refractivity contribution in [1.29, 1.82) is 0 Å². The molecule has 318 valence electrons. The second-order valence-electron chi connectivity index (χ2n) is 23.6. The molecule has 0 atom stereocenters. The van der Waals surface area contributed by atoms with Gasteiger partial charge in [-0.3, -0.25) is 4.90 Å². The summed E-state index contributed by atoms with van der Waals surface area (Å²) in [5.41, 5.74) is 14.7. The zero-order valence-electron chi connectivity index (χ0n) is 44.6. The smallest absolute Gasteiger partial charge is 0.256 e. The van der Waals surface area contributed by atoms with Gasteiger partial charge in [0, 0.05) is 33.9 Å². The number of hydrogen-bond donors (Lipinski definition) is 0. The summed E-state index contributed by atoms with van der Waals surface area (Å²) in [6.07, 6.45) is 4.18. The van der Waals surface area contributed by atoms with Crippen molar-refractivity contribution in [2.24, 2.45) is 0 Å². The van der Waals surface area contributed by atoms with Gasteiger partial charge in [-0.2, -0.15) is 0 Å². The molecule has 0 saturated heterocycles. The summed E-state index contributed by atoms with van der Waals surface area (Å²) < 4.78 is 52.7. The summed E-state index contributed by atoms with van der Waals surface area (Å²) in [4.78, 5) is 4.74. The highest BCUT2D eigenvalue weighted by Gasteiger charge is 2.53. The Hall–Kier alpha value is -4.96. The fraction of sp³-hybridized carbons (Fsp3) is 0.414. The SMILES string of the molecule is [2H]c1c([2H])c([2H])c(-c2cc3c4c(c2)N(c2ccc5c(c2)C(C)(C)CCC5(C)C)c2oc5c(c2B4c2ccc(C(C)(C)C)cc2N3c2cccc(C(C)(C)C)c2)C(C)(C)CCC5(C)C)c([2H])c1[2H]. The topological polar surface area (TPSA) is 19.6 Å². The van der Waals surface area contributed by atoms with Gasteiger partial charge in [-0.05, 0) is 151 Å². The van der Waals surface area contributed by atoms with Crippen LogP contribution in [0, 0.1) is 0 Å². The predicted molar refractivity (Wildman–Crippen MR) is 266 cm³/mol. The zero-order chi connectivity index (χ0) is 48.5. The van der Waals surface area contributed by atoms with E-state index in [1.54, 1.807) is 0 Å². The van der Waals surface area contributed by atoms with Crippen LogP contribution in [0.3, 0.4) is 0 Å². The lowest BCUT2D eigenvalue weighted by atomic mass is 9.32. The summed E-state index contributed by atoms with van der Waals surface area (Å²) in [5.74, 6) is 1.84. The van der Waals surface area contributed by atoms with Crippen LogP contribution in [0.25, 0.3) is 11.1 Å². The summed E-state index contributed by atoms with van der Waals surface area (Å²) in [7, 11) is 0. The van der Waals surface area contributed by atoms with Gasteiger partial charge in [0.25, 0.3) is 6.71 Å². The molecular weight excluding hydrogens is 751 g/mol. The Bertz CT molecular complexity index is 3060. The van der Waals surface area contributed by atoms with Crippen LogP contribution in [-0.2, 0) is 32.5 Å². The van der Waals surface area contributed by atoms with Gasteiger partial charge < -0.3 is 9.32 Å². The lowest BCUT2D eigenvalue weighted by molar-refractivity contribution is 0.280. The lowest BCUT2D eigenvalue weighted by Gasteiger charge is -2.45. The fourth-order valence-electron chi connectivity index (χ4n) is 11.2. The molecule has 2 aliphatic carbocycles. The second kappa shape index (κ2) is 13.3. The van der Waals surface area contributed by atoms with Gasteiger partial charge in [0.05, 0.1) is 6.85 Å². The molecule has 6 aromatic rings. The molecule has 0 bridgehead atoms. The standard InChI is InChI=1S/C58H67BN2O/c1-53(2,3)38-21-18-22-40(33-38)60-45-34-39(54(4,5)6)23-26-44(45)59-49-46(60)31-37(36-19-16-15-17-20-36)32-47(49)61(41-24-25-42-43(35-41)56(9,10)28-27-55(42,7)8)52-50(59)48-51(62-52)58(13,14)30-29-57(48,11)12/h15-26,31-35H,27-30H2,1-14H3/i15D,16D,17D,19D,20D. The van der Waals surface area contributed by atoms with Crippen molar-refractivity contribution in [2.45, 2.75) is 155 Å². The van der Waals surface area contributed by atoms with E-state index in [1.807, 2.05) is 0 Å². The maximum absolute atomic E-state index is 9.39. The molecule has 0 N–H and O–H groups in total. The van der Waals surface area contributed by atoms with Crippen LogP contribution >= 0.6 is 0 Å². The highest BCUT2D eigenvalue weighted by atomic mass is 16.4. The fourth-order valence-corrected chi connectivity index (χ4v) is 11.2. The predicted octanol–water partition coefficient (Wildman–Crippen LogP) is 14.3. The van der Waals surface area contributed by atoms with Crippen LogP contribution in [0.15, 0.2) is 107 Å². The van der Waals surface area contributed by atoms with Gasteiger partial charge in [-0.15, -0.1) is 0 Å². The van der Waals surface area contributed by atoms with Crippen molar-refractivity contribution in [3.63, 3.8) is 0 Å². The van der Waals surface area contributed by atoms with E-state index in [9.17, 15) is 2.74 Å². The number of benzene rings is 5. The van der Waals surface area contributed by atoms with Crippen LogP contribution in [0.2, 0.25) is 0 Å². The minimum Gasteiger partial charge on any atom is -0.444 e.